The molecule has 8 heteroatoms. The van der Waals surface area contributed by atoms with Gasteiger partial charge in [-0.05, 0) is 13.1 Å². The lowest BCUT2D eigenvalue weighted by atomic mass is 10.2. The summed E-state index contributed by atoms with van der Waals surface area (Å²) in [4.78, 5) is 12.6. The van der Waals surface area contributed by atoms with Crippen molar-refractivity contribution in [1.82, 2.24) is 10.2 Å². The van der Waals surface area contributed by atoms with Gasteiger partial charge in [-0.2, -0.15) is 13.2 Å². The molecule has 0 aromatic carbocycles. The summed E-state index contributed by atoms with van der Waals surface area (Å²) in [5, 5.41) is 2.78. The lowest BCUT2D eigenvalue weighted by molar-refractivity contribution is -0.147. The first-order chi connectivity index (χ1) is 9.37. The van der Waals surface area contributed by atoms with Gasteiger partial charge in [0.25, 0.3) is 0 Å². The first-order valence-corrected chi connectivity index (χ1v) is 5.95. The molecule has 0 aliphatic carbocycles. The van der Waals surface area contributed by atoms with Crippen LogP contribution < -0.4 is 5.32 Å². The number of alkyl halides is 3. The van der Waals surface area contributed by atoms with Crippen molar-refractivity contribution in [3.05, 3.63) is 23.7 Å². The number of esters is 1. The van der Waals surface area contributed by atoms with Gasteiger partial charge in [-0.15, -0.1) is 0 Å². The summed E-state index contributed by atoms with van der Waals surface area (Å²) in [6.45, 7) is -0.615. The number of carbonyl (C=O) groups is 1. The zero-order valence-corrected chi connectivity index (χ0v) is 11.3. The molecular weight excluding hydrogens is 277 g/mol. The molecule has 0 bridgehead atoms. The number of methoxy groups -OCH3 is 1. The fraction of sp³-hybridized carbons (Fsp3) is 0.583. The minimum absolute atomic E-state index is 0.112. The van der Waals surface area contributed by atoms with Crippen LogP contribution in [0.2, 0.25) is 0 Å². The van der Waals surface area contributed by atoms with Gasteiger partial charge in [0, 0.05) is 13.1 Å². The third-order valence-corrected chi connectivity index (χ3v) is 2.60. The van der Waals surface area contributed by atoms with E-state index >= 15 is 0 Å². The molecule has 114 valence electrons. The van der Waals surface area contributed by atoms with Gasteiger partial charge in [0.1, 0.15) is 11.3 Å². The molecule has 0 fully saturated rings. The van der Waals surface area contributed by atoms with E-state index in [2.05, 4.69) is 10.1 Å². The molecule has 0 spiro atoms. The number of carbonyl (C=O) groups excluding carboxylic acids is 1. The SMILES string of the molecule is CNCCN(Cc1occc1C(=O)OC)CC(F)(F)F. The van der Waals surface area contributed by atoms with Gasteiger partial charge in [0.15, 0.2) is 0 Å². The van der Waals surface area contributed by atoms with Crippen LogP contribution in [0.3, 0.4) is 0 Å². The Morgan fingerprint density at radius 2 is 2.20 bits per heavy atom. The molecule has 1 aromatic heterocycles. The molecule has 1 heterocycles. The van der Waals surface area contributed by atoms with Crippen LogP contribution in [0.25, 0.3) is 0 Å². The number of likely N-dealkylation sites (N-methyl/N-ethyl adjacent to an activating group) is 1. The minimum Gasteiger partial charge on any atom is -0.467 e. The van der Waals surface area contributed by atoms with E-state index in [0.29, 0.717) is 6.54 Å². The van der Waals surface area contributed by atoms with Gasteiger partial charge in [-0.25, -0.2) is 4.79 Å². The van der Waals surface area contributed by atoms with E-state index in [-0.39, 0.29) is 24.4 Å². The van der Waals surface area contributed by atoms with Crippen molar-refractivity contribution in [3.8, 4) is 0 Å². The predicted molar refractivity (Wildman–Crippen MR) is 65.3 cm³/mol. The van der Waals surface area contributed by atoms with Crippen LogP contribution in [-0.4, -0.2) is 50.8 Å². The van der Waals surface area contributed by atoms with Gasteiger partial charge in [0.05, 0.1) is 26.5 Å². The first kappa shape index (κ1) is 16.5. The molecule has 0 aliphatic rings. The summed E-state index contributed by atoms with van der Waals surface area (Å²) < 4.78 is 47.1. The van der Waals surface area contributed by atoms with Crippen molar-refractivity contribution < 1.29 is 27.1 Å². The molecule has 5 nitrogen and oxygen atoms in total. The van der Waals surface area contributed by atoms with Gasteiger partial charge >= 0.3 is 12.1 Å². The second-order valence-electron chi connectivity index (χ2n) is 4.18. The number of ether oxygens (including phenoxy) is 1. The van der Waals surface area contributed by atoms with E-state index in [1.165, 1.54) is 19.4 Å². The summed E-state index contributed by atoms with van der Waals surface area (Å²) in [6, 6.07) is 1.38. The third kappa shape index (κ3) is 5.22. The Hall–Kier alpha value is -1.54. The maximum absolute atomic E-state index is 12.5. The highest BCUT2D eigenvalue weighted by Crippen LogP contribution is 2.20. The molecular formula is C12H17F3N2O3. The highest BCUT2D eigenvalue weighted by atomic mass is 19.4. The first-order valence-electron chi connectivity index (χ1n) is 5.95. The van der Waals surface area contributed by atoms with Crippen molar-refractivity contribution in [1.29, 1.82) is 0 Å². The average Bonchev–Trinajstić information content (AvgIpc) is 2.81. The van der Waals surface area contributed by atoms with Crippen LogP contribution >= 0.6 is 0 Å². The number of hydrogen-bond donors (Lipinski definition) is 1. The lowest BCUT2D eigenvalue weighted by Crippen LogP contribution is -2.37. The summed E-state index contributed by atoms with van der Waals surface area (Å²) in [6.07, 6.45) is -3.06. The second-order valence-corrected chi connectivity index (χ2v) is 4.18. The monoisotopic (exact) mass is 294 g/mol. The molecule has 20 heavy (non-hydrogen) atoms. The molecule has 0 saturated carbocycles. The Morgan fingerprint density at radius 1 is 1.50 bits per heavy atom. The van der Waals surface area contributed by atoms with E-state index in [9.17, 15) is 18.0 Å². The van der Waals surface area contributed by atoms with Gasteiger partial charge < -0.3 is 14.5 Å². The highest BCUT2D eigenvalue weighted by Gasteiger charge is 2.31. The normalized spacial score (nSPS) is 11.9. The fourth-order valence-corrected chi connectivity index (χ4v) is 1.70. The largest absolute Gasteiger partial charge is 0.467 e. The maximum atomic E-state index is 12.5. The number of halogens is 3. The summed E-state index contributed by atoms with van der Waals surface area (Å²) in [7, 11) is 2.85. The second kappa shape index (κ2) is 7.30. The summed E-state index contributed by atoms with van der Waals surface area (Å²) in [5.74, 6) is -0.466. The number of rotatable bonds is 7. The summed E-state index contributed by atoms with van der Waals surface area (Å²) >= 11 is 0. The van der Waals surface area contributed by atoms with Crippen LogP contribution in [0.4, 0.5) is 13.2 Å². The van der Waals surface area contributed by atoms with Gasteiger partial charge in [-0.3, -0.25) is 4.90 Å². The van der Waals surface area contributed by atoms with Crippen LogP contribution in [0.5, 0.6) is 0 Å². The zero-order chi connectivity index (χ0) is 15.2. The van der Waals surface area contributed by atoms with Crippen LogP contribution in [-0.2, 0) is 11.3 Å². The molecule has 0 amide bonds. The van der Waals surface area contributed by atoms with Crippen LogP contribution in [0, 0.1) is 0 Å². The highest BCUT2D eigenvalue weighted by molar-refractivity contribution is 5.90. The predicted octanol–water partition coefficient (Wildman–Crippen LogP) is 1.65. The summed E-state index contributed by atoms with van der Waals surface area (Å²) in [5.41, 5.74) is 0.143. The van der Waals surface area contributed by atoms with Crippen molar-refractivity contribution in [2.24, 2.45) is 0 Å². The molecule has 0 radical (unpaired) electrons. The van der Waals surface area contributed by atoms with Crippen LogP contribution in [0.1, 0.15) is 16.1 Å². The van der Waals surface area contributed by atoms with Crippen LogP contribution in [0.15, 0.2) is 16.7 Å². The molecule has 1 N–H and O–H groups in total. The van der Waals surface area contributed by atoms with E-state index in [4.69, 9.17) is 4.42 Å². The van der Waals surface area contributed by atoms with E-state index in [1.807, 2.05) is 0 Å². The lowest BCUT2D eigenvalue weighted by Gasteiger charge is -2.22. The Balaban J connectivity index is 2.78. The Labute approximate surface area is 114 Å². The number of furan rings is 1. The zero-order valence-electron chi connectivity index (χ0n) is 11.3. The number of nitrogens with zero attached hydrogens (tertiary/aromatic N) is 1. The topological polar surface area (TPSA) is 54.7 Å². The Morgan fingerprint density at radius 3 is 2.75 bits per heavy atom. The third-order valence-electron chi connectivity index (χ3n) is 2.60. The minimum atomic E-state index is -4.31. The van der Waals surface area contributed by atoms with E-state index in [1.54, 1.807) is 7.05 Å². The standard InChI is InChI=1S/C12H17F3N2O3/c1-16-4-5-17(8-12(13,14)15)7-10-9(3-6-20-10)11(18)19-2/h3,6,16H,4-5,7-8H2,1-2H3. The molecule has 0 aliphatic heterocycles. The smallest absolute Gasteiger partial charge is 0.401 e. The van der Waals surface area contributed by atoms with E-state index < -0.39 is 18.7 Å². The molecule has 0 saturated heterocycles. The average molecular weight is 294 g/mol. The maximum Gasteiger partial charge on any atom is 0.401 e. The van der Waals surface area contributed by atoms with Gasteiger partial charge in [-0.1, -0.05) is 0 Å². The van der Waals surface area contributed by atoms with E-state index in [0.717, 1.165) is 4.90 Å². The number of hydrogen-bond acceptors (Lipinski definition) is 5. The van der Waals surface area contributed by atoms with Crippen molar-refractivity contribution >= 4 is 5.97 Å². The van der Waals surface area contributed by atoms with Crippen molar-refractivity contribution in [3.63, 3.8) is 0 Å². The fourth-order valence-electron chi connectivity index (χ4n) is 1.70. The van der Waals surface area contributed by atoms with Crippen molar-refractivity contribution in [2.75, 3.05) is 33.8 Å². The Bertz CT molecular complexity index is 432. The Kier molecular flexibility index (Phi) is 6.03. The van der Waals surface area contributed by atoms with Crippen molar-refractivity contribution in [2.45, 2.75) is 12.7 Å². The molecule has 1 aromatic rings. The molecule has 0 atom stereocenters. The molecule has 1 rings (SSSR count). The molecule has 0 unspecified atom stereocenters. The quantitative estimate of drug-likeness (QED) is 0.775. The number of nitrogens with one attached hydrogen (secondary N) is 1. The van der Waals surface area contributed by atoms with Gasteiger partial charge in [0.2, 0.25) is 0 Å².